The number of carbonyl (C=O) groups is 1. The topological polar surface area (TPSA) is 38.3 Å². The molecule has 160 valence electrons. The van der Waals surface area contributed by atoms with Crippen LogP contribution in [0.4, 0.5) is 0 Å². The lowest BCUT2D eigenvalue weighted by atomic mass is 9.81. The van der Waals surface area contributed by atoms with Crippen LogP contribution >= 0.6 is 0 Å². The molecule has 0 atom stereocenters. The van der Waals surface area contributed by atoms with Crippen molar-refractivity contribution in [1.82, 2.24) is 5.32 Å². The molecule has 3 heteroatoms. The molecule has 1 aromatic carbocycles. The Morgan fingerprint density at radius 3 is 1.86 bits per heavy atom. The van der Waals surface area contributed by atoms with Crippen LogP contribution in [0.15, 0.2) is 60.7 Å². The Morgan fingerprint density at radius 2 is 1.38 bits per heavy atom. The average Bonchev–Trinajstić information content (AvgIpc) is 2.94. The molecule has 1 N–H and O–H groups in total. The van der Waals surface area contributed by atoms with Crippen LogP contribution in [-0.2, 0) is 4.74 Å². The van der Waals surface area contributed by atoms with Gasteiger partial charge < -0.3 is 10.1 Å². The summed E-state index contributed by atoms with van der Waals surface area (Å²) in [5.74, 6) is -0.219. The van der Waals surface area contributed by atoms with Gasteiger partial charge in [0.2, 0.25) is 0 Å². The normalized spacial score (nSPS) is 19.1. The fourth-order valence-corrected chi connectivity index (χ4v) is 3.74. The number of hydrogen-bond acceptors (Lipinski definition) is 3. The summed E-state index contributed by atoms with van der Waals surface area (Å²) >= 11 is 0. The molecule has 0 radical (unpaired) electrons. The van der Waals surface area contributed by atoms with Gasteiger partial charge in [-0.1, -0.05) is 68.0 Å². The molecule has 0 spiro atoms. The highest BCUT2D eigenvalue weighted by molar-refractivity contribution is 5.89. The van der Waals surface area contributed by atoms with E-state index in [0.717, 1.165) is 24.8 Å². The fraction of sp³-hybridized carbons (Fsp3) is 0.500. The van der Waals surface area contributed by atoms with Crippen molar-refractivity contribution < 1.29 is 9.53 Å². The number of aryl methyl sites for hydroxylation is 1. The molecule has 1 aliphatic carbocycles. The van der Waals surface area contributed by atoms with Crippen molar-refractivity contribution in [2.75, 3.05) is 0 Å². The number of piperidine rings is 1. The summed E-state index contributed by atoms with van der Waals surface area (Å²) < 4.78 is 5.71. The summed E-state index contributed by atoms with van der Waals surface area (Å²) in [6.07, 6.45) is 15.2. The second kappa shape index (κ2) is 11.8. The third-order valence-corrected chi connectivity index (χ3v) is 4.59. The quantitative estimate of drug-likeness (QED) is 0.575. The van der Waals surface area contributed by atoms with Crippen molar-refractivity contribution >= 4 is 5.97 Å². The molecule has 3 nitrogen and oxygen atoms in total. The van der Waals surface area contributed by atoms with Gasteiger partial charge in [-0.05, 0) is 53.2 Å². The van der Waals surface area contributed by atoms with E-state index in [2.05, 4.69) is 57.3 Å². The lowest BCUT2D eigenvalue weighted by molar-refractivity contribution is -0.00637. The van der Waals surface area contributed by atoms with Gasteiger partial charge in [-0.25, -0.2) is 4.79 Å². The van der Waals surface area contributed by atoms with Crippen molar-refractivity contribution in [1.29, 1.82) is 0 Å². The summed E-state index contributed by atoms with van der Waals surface area (Å²) in [6.45, 7) is 14.6. The van der Waals surface area contributed by atoms with E-state index in [-0.39, 0.29) is 23.2 Å². The molecular weight excluding hydrogens is 358 g/mol. The van der Waals surface area contributed by atoms with E-state index >= 15 is 0 Å². The zero-order valence-electron chi connectivity index (χ0n) is 19.3. The molecule has 0 unspecified atom stereocenters. The van der Waals surface area contributed by atoms with Gasteiger partial charge in [-0.2, -0.15) is 0 Å². The van der Waals surface area contributed by atoms with Crippen LogP contribution < -0.4 is 5.32 Å². The number of nitrogens with one attached hydrogen (secondary N) is 1. The van der Waals surface area contributed by atoms with Crippen molar-refractivity contribution in [3.63, 3.8) is 0 Å². The number of ether oxygens (including phenoxy) is 1. The largest absolute Gasteiger partial charge is 0.459 e. The molecule has 0 saturated carbocycles. The number of esters is 1. The van der Waals surface area contributed by atoms with E-state index in [4.69, 9.17) is 4.74 Å². The Hall–Kier alpha value is -2.13. The molecule has 1 aromatic rings. The van der Waals surface area contributed by atoms with E-state index in [1.165, 1.54) is 0 Å². The van der Waals surface area contributed by atoms with Crippen LogP contribution in [0.2, 0.25) is 0 Å². The minimum absolute atomic E-state index is 0.0139. The number of carbonyl (C=O) groups excluding carboxylic acids is 1. The van der Waals surface area contributed by atoms with Crippen LogP contribution in [-0.4, -0.2) is 23.2 Å². The first-order valence-corrected chi connectivity index (χ1v) is 10.7. The zero-order valence-corrected chi connectivity index (χ0v) is 19.3. The number of allylic oxidation sites excluding steroid dienone is 6. The molecule has 2 aliphatic rings. The molecule has 1 saturated heterocycles. The van der Waals surface area contributed by atoms with Gasteiger partial charge in [-0.3, -0.25) is 0 Å². The van der Waals surface area contributed by atoms with Crippen LogP contribution in [0.3, 0.4) is 0 Å². The van der Waals surface area contributed by atoms with Gasteiger partial charge in [0.15, 0.2) is 0 Å². The van der Waals surface area contributed by atoms with Crippen LogP contribution in [0, 0.1) is 6.92 Å². The maximum absolute atomic E-state index is 12.2. The minimum Gasteiger partial charge on any atom is -0.459 e. The van der Waals surface area contributed by atoms with Crippen molar-refractivity contribution in [2.45, 2.75) is 84.9 Å². The first kappa shape index (κ1) is 24.9. The zero-order chi connectivity index (χ0) is 21.9. The monoisotopic (exact) mass is 397 g/mol. The standard InChI is InChI=1S/C17H25NO2.C7H8.C2H6/c1-12-6-8-13(9-7-12)15(19)20-14-10-16(2,3)18-17(4,5)11-14;1-2-4-6-7-5-3-1;1-2/h6-9,14,18H,10-11H2,1-5H3;1-6H,7H2;1-2H3. The third kappa shape index (κ3) is 9.76. The predicted molar refractivity (Wildman–Crippen MR) is 124 cm³/mol. The molecule has 0 amide bonds. The highest BCUT2D eigenvalue weighted by Gasteiger charge is 2.39. The Morgan fingerprint density at radius 1 is 0.897 bits per heavy atom. The van der Waals surface area contributed by atoms with E-state index < -0.39 is 0 Å². The van der Waals surface area contributed by atoms with Crippen LogP contribution in [0.5, 0.6) is 0 Å². The highest BCUT2D eigenvalue weighted by atomic mass is 16.5. The molecule has 0 bridgehead atoms. The van der Waals surface area contributed by atoms with Gasteiger partial charge in [-0.15, -0.1) is 0 Å². The Kier molecular flexibility index (Phi) is 10.1. The van der Waals surface area contributed by atoms with Crippen LogP contribution in [0.1, 0.15) is 76.7 Å². The average molecular weight is 398 g/mol. The van der Waals surface area contributed by atoms with Gasteiger partial charge in [0.25, 0.3) is 0 Å². The minimum atomic E-state index is -0.219. The maximum atomic E-state index is 12.2. The van der Waals surface area contributed by atoms with Gasteiger partial charge in [0, 0.05) is 23.9 Å². The number of benzene rings is 1. The Labute approximate surface area is 177 Å². The van der Waals surface area contributed by atoms with Crippen molar-refractivity contribution in [2.24, 2.45) is 0 Å². The summed E-state index contributed by atoms with van der Waals surface area (Å²) in [5.41, 5.74) is 1.75. The van der Waals surface area contributed by atoms with E-state index in [1.807, 2.05) is 57.2 Å². The Balaban J connectivity index is 0.000000390. The Bertz CT molecular complexity index is 679. The van der Waals surface area contributed by atoms with E-state index in [1.54, 1.807) is 0 Å². The molecule has 3 rings (SSSR count). The third-order valence-electron chi connectivity index (χ3n) is 4.59. The number of rotatable bonds is 2. The van der Waals surface area contributed by atoms with E-state index in [9.17, 15) is 4.79 Å². The lowest BCUT2D eigenvalue weighted by Crippen LogP contribution is -2.59. The number of hydrogen-bond donors (Lipinski definition) is 1. The summed E-state index contributed by atoms with van der Waals surface area (Å²) in [4.78, 5) is 12.2. The fourth-order valence-electron chi connectivity index (χ4n) is 3.74. The second-order valence-corrected chi connectivity index (χ2v) is 8.67. The van der Waals surface area contributed by atoms with E-state index in [0.29, 0.717) is 5.56 Å². The molecule has 29 heavy (non-hydrogen) atoms. The second-order valence-electron chi connectivity index (χ2n) is 8.67. The molecular formula is C26H39NO2. The highest BCUT2D eigenvalue weighted by Crippen LogP contribution is 2.30. The molecule has 0 aromatic heterocycles. The van der Waals surface area contributed by atoms with Gasteiger partial charge >= 0.3 is 5.97 Å². The van der Waals surface area contributed by atoms with Crippen LogP contribution in [0.25, 0.3) is 0 Å². The molecule has 1 fully saturated rings. The summed E-state index contributed by atoms with van der Waals surface area (Å²) in [7, 11) is 0. The molecule has 1 heterocycles. The molecule has 1 aliphatic heterocycles. The predicted octanol–water partition coefficient (Wildman–Crippen LogP) is 6.55. The maximum Gasteiger partial charge on any atom is 0.338 e. The van der Waals surface area contributed by atoms with Gasteiger partial charge in [0.1, 0.15) is 6.10 Å². The summed E-state index contributed by atoms with van der Waals surface area (Å²) in [5, 5.41) is 3.59. The first-order valence-electron chi connectivity index (χ1n) is 10.7. The van der Waals surface area contributed by atoms with Crippen molar-refractivity contribution in [3.05, 3.63) is 71.8 Å². The van der Waals surface area contributed by atoms with Gasteiger partial charge in [0.05, 0.1) is 5.56 Å². The van der Waals surface area contributed by atoms with Crippen molar-refractivity contribution in [3.8, 4) is 0 Å². The SMILES string of the molecule is C1=CC=CCC=C1.CC.Cc1ccc(C(=O)OC2CC(C)(C)NC(C)(C)C2)cc1. The summed E-state index contributed by atoms with van der Waals surface area (Å²) in [6, 6.07) is 7.53. The lowest BCUT2D eigenvalue weighted by Gasteiger charge is -2.45. The smallest absolute Gasteiger partial charge is 0.338 e. The first-order chi connectivity index (χ1) is 13.7.